The van der Waals surface area contributed by atoms with Crippen molar-refractivity contribution in [2.75, 3.05) is 25.6 Å². The lowest BCUT2D eigenvalue weighted by Gasteiger charge is -2.13. The third kappa shape index (κ3) is 8.34. The number of ether oxygens (including phenoxy) is 4. The molecule has 0 heterocycles. The predicted molar refractivity (Wildman–Crippen MR) is 162 cm³/mol. The van der Waals surface area contributed by atoms with Gasteiger partial charge >= 0.3 is 0 Å². The highest BCUT2D eigenvalue weighted by Crippen LogP contribution is 2.30. The molecule has 4 rings (SSSR count). The number of aryl methyl sites for hydroxylation is 1. The molecule has 0 fully saturated rings. The first-order valence-corrected chi connectivity index (χ1v) is 13.4. The van der Waals surface area contributed by atoms with Crippen LogP contribution in [0, 0.1) is 6.92 Å². The number of anilines is 1. The molecular weight excluding hydrogens is 534 g/mol. The molecule has 0 aromatic heterocycles. The number of carbonyl (C=O) groups is 2. The Morgan fingerprint density at radius 1 is 0.810 bits per heavy atom. The van der Waals surface area contributed by atoms with Gasteiger partial charge in [0.15, 0.2) is 29.6 Å². The van der Waals surface area contributed by atoms with Gasteiger partial charge in [-0.3, -0.25) is 9.59 Å². The average molecular weight is 568 g/mol. The summed E-state index contributed by atoms with van der Waals surface area (Å²) in [6.07, 6.45) is 1.48. The molecule has 0 aliphatic heterocycles. The van der Waals surface area contributed by atoms with Crippen molar-refractivity contribution in [3.8, 4) is 23.0 Å². The summed E-state index contributed by atoms with van der Waals surface area (Å²) in [6, 6.07) is 27.4. The third-order valence-corrected chi connectivity index (χ3v) is 6.09. The Hall–Kier alpha value is -5.31. The summed E-state index contributed by atoms with van der Waals surface area (Å²) in [7, 11) is 1.50. The van der Waals surface area contributed by atoms with Gasteiger partial charge in [-0.2, -0.15) is 5.10 Å². The summed E-state index contributed by atoms with van der Waals surface area (Å²) in [5, 5.41) is 6.90. The third-order valence-electron chi connectivity index (χ3n) is 6.09. The molecule has 0 bridgehead atoms. The zero-order valence-electron chi connectivity index (χ0n) is 23.8. The highest BCUT2D eigenvalue weighted by atomic mass is 16.5. The number of benzene rings is 4. The van der Waals surface area contributed by atoms with Crippen LogP contribution in [0.1, 0.15) is 34.0 Å². The number of rotatable bonds is 13. The fourth-order valence-electron chi connectivity index (χ4n) is 3.93. The number of hydrogen-bond acceptors (Lipinski definition) is 7. The van der Waals surface area contributed by atoms with E-state index in [0.717, 1.165) is 16.8 Å². The fourth-order valence-corrected chi connectivity index (χ4v) is 3.93. The maximum absolute atomic E-state index is 12.8. The maximum Gasteiger partial charge on any atom is 0.271 e. The number of hydrazone groups is 1. The Balaban J connectivity index is 1.33. The number of nitrogens with one attached hydrogen (secondary N) is 2. The van der Waals surface area contributed by atoms with Crippen molar-refractivity contribution in [3.05, 3.63) is 113 Å². The molecule has 42 heavy (non-hydrogen) atoms. The van der Waals surface area contributed by atoms with Gasteiger partial charge in [0.2, 0.25) is 0 Å². The van der Waals surface area contributed by atoms with Gasteiger partial charge in [0.05, 0.1) is 19.9 Å². The van der Waals surface area contributed by atoms with Crippen molar-refractivity contribution >= 4 is 23.7 Å². The second kappa shape index (κ2) is 14.9. The summed E-state index contributed by atoms with van der Waals surface area (Å²) >= 11 is 0. The van der Waals surface area contributed by atoms with Crippen molar-refractivity contribution in [1.82, 2.24) is 5.43 Å². The molecule has 0 saturated carbocycles. The molecule has 9 nitrogen and oxygen atoms in total. The maximum atomic E-state index is 12.8. The highest BCUT2D eigenvalue weighted by molar-refractivity contribution is 5.95. The van der Waals surface area contributed by atoms with Crippen molar-refractivity contribution in [2.45, 2.75) is 20.5 Å². The van der Waals surface area contributed by atoms with Gasteiger partial charge < -0.3 is 24.3 Å². The zero-order valence-corrected chi connectivity index (χ0v) is 23.8. The molecule has 216 valence electrons. The van der Waals surface area contributed by atoms with Crippen LogP contribution < -0.4 is 29.7 Å². The van der Waals surface area contributed by atoms with Crippen molar-refractivity contribution in [2.24, 2.45) is 5.10 Å². The van der Waals surface area contributed by atoms with Crippen LogP contribution in [-0.2, 0) is 11.4 Å². The Bertz CT molecular complexity index is 1540. The van der Waals surface area contributed by atoms with Gasteiger partial charge in [-0.05, 0) is 73.0 Å². The molecule has 9 heteroatoms. The van der Waals surface area contributed by atoms with Gasteiger partial charge in [-0.15, -0.1) is 0 Å². The quantitative estimate of drug-likeness (QED) is 0.157. The van der Waals surface area contributed by atoms with Crippen molar-refractivity contribution in [3.63, 3.8) is 0 Å². The highest BCUT2D eigenvalue weighted by Gasteiger charge is 2.13. The van der Waals surface area contributed by atoms with Gasteiger partial charge in [0.1, 0.15) is 6.61 Å². The summed E-state index contributed by atoms with van der Waals surface area (Å²) in [6.45, 7) is 4.39. The van der Waals surface area contributed by atoms with E-state index in [1.54, 1.807) is 36.4 Å². The number of methoxy groups -OCH3 is 1. The van der Waals surface area contributed by atoms with E-state index in [2.05, 4.69) is 15.8 Å². The van der Waals surface area contributed by atoms with Crippen LogP contribution in [0.4, 0.5) is 5.69 Å². The van der Waals surface area contributed by atoms with Gasteiger partial charge in [-0.1, -0.05) is 48.5 Å². The lowest BCUT2D eigenvalue weighted by molar-refractivity contribution is -0.118. The van der Waals surface area contributed by atoms with E-state index >= 15 is 0 Å². The Kier molecular flexibility index (Phi) is 10.5. The van der Waals surface area contributed by atoms with E-state index < -0.39 is 5.91 Å². The van der Waals surface area contributed by atoms with Crippen LogP contribution in [0.3, 0.4) is 0 Å². The van der Waals surface area contributed by atoms with Crippen LogP contribution >= 0.6 is 0 Å². The minimum atomic E-state index is -0.409. The van der Waals surface area contributed by atoms with Crippen LogP contribution in [0.2, 0.25) is 0 Å². The standard InChI is InChI=1S/C33H33N3O6/c1-4-40-31-19-26(15-17-29(31)41-21-24-11-6-5-7-12-24)33(38)36-34-20-25-14-16-28(30(18-25)39-3)42-22-32(37)35-27-13-9-8-10-23(27)2/h5-20H,4,21-22H2,1-3H3,(H,35,37)(H,36,38)/b34-20+. The molecule has 4 aromatic carbocycles. The van der Waals surface area contributed by atoms with Crippen LogP contribution in [0.5, 0.6) is 23.0 Å². The first-order chi connectivity index (χ1) is 20.5. The summed E-state index contributed by atoms with van der Waals surface area (Å²) in [5.74, 6) is 1.13. The number of carbonyl (C=O) groups excluding carboxylic acids is 2. The average Bonchev–Trinajstić information content (AvgIpc) is 3.01. The SMILES string of the molecule is CCOc1cc(C(=O)N/N=C/c2ccc(OCC(=O)Nc3ccccc3C)c(OC)c2)ccc1OCc1ccccc1. The molecule has 2 N–H and O–H groups in total. The second-order valence-electron chi connectivity index (χ2n) is 9.13. The van der Waals surface area contributed by atoms with Crippen LogP contribution in [0.25, 0.3) is 0 Å². The number of para-hydroxylation sites is 1. The molecule has 0 unspecified atom stereocenters. The largest absolute Gasteiger partial charge is 0.493 e. The number of hydrogen-bond donors (Lipinski definition) is 2. The molecule has 0 aliphatic rings. The molecular formula is C33H33N3O6. The second-order valence-corrected chi connectivity index (χ2v) is 9.13. The first-order valence-electron chi connectivity index (χ1n) is 13.4. The van der Waals surface area contributed by atoms with Crippen LogP contribution in [0.15, 0.2) is 96.1 Å². The predicted octanol–water partition coefficient (Wildman–Crippen LogP) is 5.76. The van der Waals surface area contributed by atoms with Crippen LogP contribution in [-0.4, -0.2) is 38.4 Å². The Morgan fingerprint density at radius 2 is 1.55 bits per heavy atom. The van der Waals surface area contributed by atoms with E-state index in [-0.39, 0.29) is 12.5 Å². The summed E-state index contributed by atoms with van der Waals surface area (Å²) in [4.78, 5) is 25.1. The van der Waals surface area contributed by atoms with Gasteiger partial charge in [-0.25, -0.2) is 5.43 Å². The molecule has 4 aromatic rings. The smallest absolute Gasteiger partial charge is 0.271 e. The van der Waals surface area contributed by atoms with Gasteiger partial charge in [0, 0.05) is 11.3 Å². The minimum Gasteiger partial charge on any atom is -0.493 e. The summed E-state index contributed by atoms with van der Waals surface area (Å²) < 4.78 is 22.7. The number of nitrogens with zero attached hydrogens (tertiary/aromatic N) is 1. The normalized spacial score (nSPS) is 10.6. The van der Waals surface area contributed by atoms with Crippen molar-refractivity contribution in [1.29, 1.82) is 0 Å². The zero-order chi connectivity index (χ0) is 29.7. The lowest BCUT2D eigenvalue weighted by Crippen LogP contribution is -2.20. The monoisotopic (exact) mass is 567 g/mol. The first kappa shape index (κ1) is 29.7. The Morgan fingerprint density at radius 3 is 2.31 bits per heavy atom. The lowest BCUT2D eigenvalue weighted by atomic mass is 10.2. The molecule has 0 aliphatic carbocycles. The van der Waals surface area contributed by atoms with Gasteiger partial charge in [0.25, 0.3) is 11.8 Å². The van der Waals surface area contributed by atoms with E-state index in [0.29, 0.717) is 47.3 Å². The molecule has 0 saturated heterocycles. The van der Waals surface area contributed by atoms with E-state index in [4.69, 9.17) is 18.9 Å². The van der Waals surface area contributed by atoms with E-state index in [1.165, 1.54) is 13.3 Å². The Labute approximate surface area is 245 Å². The fraction of sp³-hybridized carbons (Fsp3) is 0.182. The number of amides is 2. The van der Waals surface area contributed by atoms with E-state index in [9.17, 15) is 9.59 Å². The molecule has 0 spiro atoms. The molecule has 0 atom stereocenters. The minimum absolute atomic E-state index is 0.187. The summed E-state index contributed by atoms with van der Waals surface area (Å²) in [5.41, 5.74) is 6.26. The van der Waals surface area contributed by atoms with Crippen molar-refractivity contribution < 1.29 is 28.5 Å². The topological polar surface area (TPSA) is 107 Å². The molecule has 2 amide bonds. The molecule has 0 radical (unpaired) electrons. The van der Waals surface area contributed by atoms with E-state index in [1.807, 2.05) is 68.4 Å².